The lowest BCUT2D eigenvalue weighted by Crippen LogP contribution is -2.27. The lowest BCUT2D eigenvalue weighted by molar-refractivity contribution is -0.116. The molecule has 2 rings (SSSR count). The number of halogens is 2. The van der Waals surface area contributed by atoms with E-state index >= 15 is 0 Å². The molecule has 140 valence electrons. The monoisotopic (exact) mass is 417 g/mol. The zero-order chi connectivity index (χ0) is 19.5. The van der Waals surface area contributed by atoms with E-state index in [-0.39, 0.29) is 23.8 Å². The molecule has 1 heterocycles. The topological polar surface area (TPSA) is 88.5 Å². The van der Waals surface area contributed by atoms with Gasteiger partial charge in [-0.3, -0.25) is 9.59 Å². The number of hydrogen-bond donors (Lipinski definition) is 1. The zero-order valence-electron chi connectivity index (χ0n) is 14.1. The molecule has 1 N–H and O–H groups in total. The third-order valence-corrected chi connectivity index (χ3v) is 5.88. The number of hydrogen-bond acceptors (Lipinski definition) is 4. The van der Waals surface area contributed by atoms with Crippen LogP contribution in [0.1, 0.15) is 6.42 Å². The maximum Gasteiger partial charge on any atom is 0.250 e. The summed E-state index contributed by atoms with van der Waals surface area (Å²) in [4.78, 5) is 24.0. The van der Waals surface area contributed by atoms with Gasteiger partial charge in [0.2, 0.25) is 15.9 Å². The Morgan fingerprint density at radius 1 is 1.19 bits per heavy atom. The van der Waals surface area contributed by atoms with Crippen LogP contribution in [-0.2, 0) is 21.4 Å². The average molecular weight is 418 g/mol. The molecule has 1 aromatic heterocycles. The van der Waals surface area contributed by atoms with Crippen LogP contribution in [0.5, 0.6) is 0 Å². The van der Waals surface area contributed by atoms with Crippen LogP contribution in [-0.4, -0.2) is 37.3 Å². The number of anilines is 1. The second kappa shape index (κ2) is 8.22. The fourth-order valence-corrected chi connectivity index (χ4v) is 3.33. The maximum absolute atomic E-state index is 12.1. The van der Waals surface area contributed by atoms with Crippen molar-refractivity contribution in [3.63, 3.8) is 0 Å². The Labute approximate surface area is 161 Å². The summed E-state index contributed by atoms with van der Waals surface area (Å²) in [5.74, 6) is -0.387. The third-order valence-electron chi connectivity index (χ3n) is 3.52. The van der Waals surface area contributed by atoms with Gasteiger partial charge in [-0.05, 0) is 24.3 Å². The Bertz CT molecular complexity index is 987. The van der Waals surface area contributed by atoms with Gasteiger partial charge in [0, 0.05) is 44.3 Å². The van der Waals surface area contributed by atoms with Gasteiger partial charge in [-0.1, -0.05) is 23.2 Å². The molecule has 0 radical (unpaired) electrons. The van der Waals surface area contributed by atoms with Crippen molar-refractivity contribution in [2.24, 2.45) is 0 Å². The van der Waals surface area contributed by atoms with E-state index in [9.17, 15) is 18.0 Å². The van der Waals surface area contributed by atoms with Crippen LogP contribution in [0.25, 0.3) is 0 Å². The minimum Gasteiger partial charge on any atom is -0.325 e. The van der Waals surface area contributed by atoms with Crippen LogP contribution >= 0.6 is 23.2 Å². The molecule has 1 aromatic carbocycles. The number of amides is 1. The van der Waals surface area contributed by atoms with Crippen molar-refractivity contribution in [2.45, 2.75) is 17.9 Å². The molecule has 2 aromatic rings. The number of sulfonamides is 1. The van der Waals surface area contributed by atoms with Gasteiger partial charge < -0.3 is 9.88 Å². The van der Waals surface area contributed by atoms with Crippen LogP contribution in [0.15, 0.2) is 46.2 Å². The van der Waals surface area contributed by atoms with Gasteiger partial charge in [-0.25, -0.2) is 12.7 Å². The van der Waals surface area contributed by atoms with Crippen molar-refractivity contribution in [1.82, 2.24) is 8.87 Å². The standard InChI is InChI=1S/C16H17Cl2N3O4S/c1-20(2)26(24,25)12-4-6-16(23)21(10-12)8-7-15(22)19-14-9-11(17)3-5-13(14)18/h3-6,9-10H,7-8H2,1-2H3,(H,19,22). The first-order valence-electron chi connectivity index (χ1n) is 7.49. The highest BCUT2D eigenvalue weighted by Gasteiger charge is 2.18. The van der Waals surface area contributed by atoms with Crippen LogP contribution < -0.4 is 10.9 Å². The molecule has 1 amide bonds. The lowest BCUT2D eigenvalue weighted by atomic mass is 10.3. The van der Waals surface area contributed by atoms with E-state index < -0.39 is 15.6 Å². The van der Waals surface area contributed by atoms with Crippen LogP contribution in [0.3, 0.4) is 0 Å². The average Bonchev–Trinajstić information content (AvgIpc) is 2.57. The summed E-state index contributed by atoms with van der Waals surface area (Å²) >= 11 is 11.8. The molecule has 0 aliphatic carbocycles. The Morgan fingerprint density at radius 3 is 2.54 bits per heavy atom. The second-order valence-corrected chi connectivity index (χ2v) is 8.60. The van der Waals surface area contributed by atoms with Gasteiger partial charge in [0.05, 0.1) is 15.6 Å². The largest absolute Gasteiger partial charge is 0.325 e. The number of carbonyl (C=O) groups is 1. The molecule has 0 bridgehead atoms. The molecule has 10 heteroatoms. The predicted molar refractivity (Wildman–Crippen MR) is 101 cm³/mol. The molecule has 0 saturated heterocycles. The van der Waals surface area contributed by atoms with Gasteiger partial charge in [-0.15, -0.1) is 0 Å². The number of pyridine rings is 1. The second-order valence-electron chi connectivity index (χ2n) is 5.61. The molecular weight excluding hydrogens is 401 g/mol. The van der Waals surface area contributed by atoms with E-state index in [1.54, 1.807) is 12.1 Å². The SMILES string of the molecule is CN(C)S(=O)(=O)c1ccc(=O)n(CCC(=O)Nc2cc(Cl)ccc2Cl)c1. The minimum atomic E-state index is -3.67. The molecule has 0 aliphatic rings. The summed E-state index contributed by atoms with van der Waals surface area (Å²) in [5, 5.41) is 3.36. The van der Waals surface area contributed by atoms with Crippen molar-refractivity contribution >= 4 is 44.8 Å². The summed E-state index contributed by atoms with van der Waals surface area (Å²) in [5.41, 5.74) is -0.0447. The highest BCUT2D eigenvalue weighted by atomic mass is 35.5. The molecular formula is C16H17Cl2N3O4S. The molecule has 0 aliphatic heterocycles. The number of nitrogens with one attached hydrogen (secondary N) is 1. The van der Waals surface area contributed by atoms with Crippen molar-refractivity contribution in [1.29, 1.82) is 0 Å². The fraction of sp³-hybridized carbons (Fsp3) is 0.250. The predicted octanol–water partition coefficient (Wildman–Crippen LogP) is 2.43. The number of rotatable bonds is 6. The quantitative estimate of drug-likeness (QED) is 0.781. The van der Waals surface area contributed by atoms with E-state index in [0.717, 1.165) is 10.4 Å². The molecule has 7 nitrogen and oxygen atoms in total. The lowest BCUT2D eigenvalue weighted by Gasteiger charge is -2.13. The highest BCUT2D eigenvalue weighted by Crippen LogP contribution is 2.25. The van der Waals surface area contributed by atoms with Gasteiger partial charge in [-0.2, -0.15) is 0 Å². The first-order chi connectivity index (χ1) is 12.1. The Hall–Kier alpha value is -1.87. The highest BCUT2D eigenvalue weighted by molar-refractivity contribution is 7.89. The van der Waals surface area contributed by atoms with Crippen LogP contribution in [0.2, 0.25) is 10.0 Å². The van der Waals surface area contributed by atoms with E-state index in [0.29, 0.717) is 15.7 Å². The molecule has 0 spiro atoms. The van der Waals surface area contributed by atoms with Crippen molar-refractivity contribution in [2.75, 3.05) is 19.4 Å². The van der Waals surface area contributed by atoms with E-state index in [4.69, 9.17) is 23.2 Å². The molecule has 0 unspecified atom stereocenters. The summed E-state index contributed by atoms with van der Waals surface area (Å²) in [6, 6.07) is 7.05. The number of carbonyl (C=O) groups excluding carboxylic acids is 1. The van der Waals surface area contributed by atoms with Gasteiger partial charge >= 0.3 is 0 Å². The molecule has 0 saturated carbocycles. The van der Waals surface area contributed by atoms with Gasteiger partial charge in [0.25, 0.3) is 5.56 Å². The van der Waals surface area contributed by atoms with E-state index in [1.807, 2.05) is 0 Å². The molecule has 26 heavy (non-hydrogen) atoms. The Kier molecular flexibility index (Phi) is 6.46. The summed E-state index contributed by atoms with van der Waals surface area (Å²) in [7, 11) is -0.881. The Morgan fingerprint density at radius 2 is 1.88 bits per heavy atom. The van der Waals surface area contributed by atoms with Crippen LogP contribution in [0, 0.1) is 0 Å². The zero-order valence-corrected chi connectivity index (χ0v) is 16.4. The first kappa shape index (κ1) is 20.4. The van der Waals surface area contributed by atoms with Gasteiger partial charge in [0.1, 0.15) is 0 Å². The molecule has 0 atom stereocenters. The van der Waals surface area contributed by atoms with E-state index in [2.05, 4.69) is 5.32 Å². The number of benzene rings is 1. The normalized spacial score (nSPS) is 11.6. The summed E-state index contributed by atoms with van der Waals surface area (Å²) in [6.45, 7) is 0.0135. The fourth-order valence-electron chi connectivity index (χ4n) is 2.08. The van der Waals surface area contributed by atoms with E-state index in [1.165, 1.54) is 37.0 Å². The van der Waals surface area contributed by atoms with Gasteiger partial charge in [0.15, 0.2) is 0 Å². The summed E-state index contributed by atoms with van der Waals surface area (Å²) < 4.78 is 26.5. The number of aryl methyl sites for hydroxylation is 1. The number of aromatic nitrogens is 1. The number of nitrogens with zero attached hydrogens (tertiary/aromatic N) is 2. The van der Waals surface area contributed by atoms with Crippen molar-refractivity contribution in [3.05, 3.63) is 56.9 Å². The van der Waals surface area contributed by atoms with Crippen molar-refractivity contribution in [3.8, 4) is 0 Å². The van der Waals surface area contributed by atoms with Crippen LogP contribution in [0.4, 0.5) is 5.69 Å². The minimum absolute atomic E-state index is 0.0135. The third kappa shape index (κ3) is 4.85. The molecule has 0 fully saturated rings. The maximum atomic E-state index is 12.1. The first-order valence-corrected chi connectivity index (χ1v) is 9.69. The van der Waals surface area contributed by atoms with Crippen molar-refractivity contribution < 1.29 is 13.2 Å². The Balaban J connectivity index is 2.13. The summed E-state index contributed by atoms with van der Waals surface area (Å²) in [6.07, 6.45) is 1.17. The smallest absolute Gasteiger partial charge is 0.250 e.